The Morgan fingerprint density at radius 3 is 2.76 bits per heavy atom. The van der Waals surface area contributed by atoms with Crippen molar-refractivity contribution in [2.75, 3.05) is 0 Å². The van der Waals surface area contributed by atoms with Crippen molar-refractivity contribution >= 4 is 0 Å². The van der Waals surface area contributed by atoms with Gasteiger partial charge < -0.3 is 9.73 Å². The third-order valence-electron chi connectivity index (χ3n) is 3.28. The van der Waals surface area contributed by atoms with E-state index < -0.39 is 0 Å². The molecule has 2 heterocycles. The molecule has 0 saturated carbocycles. The molecule has 0 aliphatic rings. The van der Waals surface area contributed by atoms with Crippen molar-refractivity contribution in [2.45, 2.75) is 33.4 Å². The Hall–Kier alpha value is -1.55. The molecule has 4 heteroatoms. The summed E-state index contributed by atoms with van der Waals surface area (Å²) in [5.41, 5.74) is 3.62. The quantitative estimate of drug-likeness (QED) is 0.882. The van der Waals surface area contributed by atoms with Gasteiger partial charge in [0.2, 0.25) is 0 Å². The second-order valence-corrected chi connectivity index (χ2v) is 4.44. The van der Waals surface area contributed by atoms with Crippen molar-refractivity contribution in [3.05, 3.63) is 41.1 Å². The molecule has 0 saturated heterocycles. The molecule has 0 amide bonds. The number of aryl methyl sites for hydroxylation is 2. The molecule has 0 bridgehead atoms. The number of nitrogens with zero attached hydrogens (tertiary/aromatic N) is 2. The summed E-state index contributed by atoms with van der Waals surface area (Å²) in [6.07, 6.45) is 3.65. The lowest BCUT2D eigenvalue weighted by Gasteiger charge is -2.12. The Balaban J connectivity index is 2.00. The zero-order valence-electron chi connectivity index (χ0n) is 10.8. The first-order chi connectivity index (χ1) is 8.09. The van der Waals surface area contributed by atoms with E-state index >= 15 is 0 Å². The molecule has 2 rings (SSSR count). The summed E-state index contributed by atoms with van der Waals surface area (Å²) >= 11 is 0. The van der Waals surface area contributed by atoms with Crippen molar-refractivity contribution in [3.8, 4) is 0 Å². The van der Waals surface area contributed by atoms with Crippen LogP contribution in [0.3, 0.4) is 0 Å². The van der Waals surface area contributed by atoms with Crippen LogP contribution in [0.4, 0.5) is 0 Å². The van der Waals surface area contributed by atoms with Crippen molar-refractivity contribution in [1.29, 1.82) is 0 Å². The molecule has 0 fully saturated rings. The van der Waals surface area contributed by atoms with Crippen molar-refractivity contribution in [2.24, 2.45) is 7.05 Å². The van der Waals surface area contributed by atoms with E-state index in [-0.39, 0.29) is 6.04 Å². The smallest absolute Gasteiger partial charge is 0.120 e. The van der Waals surface area contributed by atoms with Gasteiger partial charge in [-0.3, -0.25) is 4.68 Å². The minimum absolute atomic E-state index is 0.271. The predicted molar refractivity (Wildman–Crippen MR) is 66.6 cm³/mol. The number of aromatic nitrogens is 2. The summed E-state index contributed by atoms with van der Waals surface area (Å²) in [5.74, 6) is 0.999. The SMILES string of the molecule is Cc1ccoc1CNC(C)c1cnn(C)c1C. The molecule has 2 aromatic rings. The molecule has 1 atom stereocenters. The van der Waals surface area contributed by atoms with Gasteiger partial charge in [0.1, 0.15) is 5.76 Å². The summed E-state index contributed by atoms with van der Waals surface area (Å²) in [7, 11) is 1.96. The fraction of sp³-hybridized carbons (Fsp3) is 0.462. The molecule has 0 spiro atoms. The predicted octanol–water partition coefficient (Wildman–Crippen LogP) is 2.48. The van der Waals surface area contributed by atoms with Gasteiger partial charge in [-0.1, -0.05) is 0 Å². The molecule has 0 radical (unpaired) electrons. The minimum Gasteiger partial charge on any atom is -0.468 e. The summed E-state index contributed by atoms with van der Waals surface area (Å²) < 4.78 is 7.30. The van der Waals surface area contributed by atoms with Crippen LogP contribution >= 0.6 is 0 Å². The summed E-state index contributed by atoms with van der Waals surface area (Å²) in [5, 5.41) is 7.70. The standard InChI is InChI=1S/C13H19N3O/c1-9-5-6-17-13(9)8-14-10(2)12-7-15-16(4)11(12)3/h5-7,10,14H,8H2,1-4H3. The van der Waals surface area contributed by atoms with Crippen LogP contribution in [0.5, 0.6) is 0 Å². The van der Waals surface area contributed by atoms with Gasteiger partial charge in [0.15, 0.2) is 0 Å². The summed E-state index contributed by atoms with van der Waals surface area (Å²) in [6.45, 7) is 7.02. The van der Waals surface area contributed by atoms with Crippen LogP contribution in [0.2, 0.25) is 0 Å². The van der Waals surface area contributed by atoms with Gasteiger partial charge in [-0.05, 0) is 32.4 Å². The van der Waals surface area contributed by atoms with Gasteiger partial charge in [-0.2, -0.15) is 5.10 Å². The van der Waals surface area contributed by atoms with Crippen molar-refractivity contribution in [1.82, 2.24) is 15.1 Å². The second kappa shape index (κ2) is 4.75. The van der Waals surface area contributed by atoms with Crippen LogP contribution in [0, 0.1) is 13.8 Å². The van der Waals surface area contributed by atoms with Gasteiger partial charge in [0.25, 0.3) is 0 Å². The van der Waals surface area contributed by atoms with Gasteiger partial charge in [-0.15, -0.1) is 0 Å². The van der Waals surface area contributed by atoms with Crippen LogP contribution < -0.4 is 5.32 Å². The molecular formula is C13H19N3O. The summed E-state index contributed by atoms with van der Waals surface area (Å²) in [4.78, 5) is 0. The van der Waals surface area contributed by atoms with E-state index in [9.17, 15) is 0 Å². The van der Waals surface area contributed by atoms with E-state index in [1.807, 2.05) is 24.0 Å². The number of rotatable bonds is 4. The first-order valence-electron chi connectivity index (χ1n) is 5.84. The second-order valence-electron chi connectivity index (χ2n) is 4.44. The highest BCUT2D eigenvalue weighted by atomic mass is 16.3. The lowest BCUT2D eigenvalue weighted by molar-refractivity contribution is 0.457. The van der Waals surface area contributed by atoms with Crippen LogP contribution in [-0.4, -0.2) is 9.78 Å². The highest BCUT2D eigenvalue weighted by Gasteiger charge is 2.12. The first-order valence-corrected chi connectivity index (χ1v) is 5.84. The molecule has 1 N–H and O–H groups in total. The minimum atomic E-state index is 0.271. The molecule has 2 aromatic heterocycles. The monoisotopic (exact) mass is 233 g/mol. The summed E-state index contributed by atoms with van der Waals surface area (Å²) in [6, 6.07) is 2.25. The van der Waals surface area contributed by atoms with Gasteiger partial charge in [0, 0.05) is 24.3 Å². The lowest BCUT2D eigenvalue weighted by Crippen LogP contribution is -2.18. The van der Waals surface area contributed by atoms with E-state index in [2.05, 4.69) is 31.2 Å². The first kappa shape index (κ1) is 11.9. The highest BCUT2D eigenvalue weighted by Crippen LogP contribution is 2.17. The van der Waals surface area contributed by atoms with E-state index in [0.29, 0.717) is 0 Å². The number of furan rings is 1. The van der Waals surface area contributed by atoms with Gasteiger partial charge in [0.05, 0.1) is 19.0 Å². The zero-order chi connectivity index (χ0) is 12.4. The molecule has 0 aliphatic heterocycles. The van der Waals surface area contributed by atoms with Crippen LogP contribution in [0.25, 0.3) is 0 Å². The fourth-order valence-electron chi connectivity index (χ4n) is 1.88. The topological polar surface area (TPSA) is 43.0 Å². The Labute approximate surface area is 102 Å². The fourth-order valence-corrected chi connectivity index (χ4v) is 1.88. The Morgan fingerprint density at radius 1 is 1.47 bits per heavy atom. The van der Waals surface area contributed by atoms with E-state index in [1.165, 1.54) is 16.8 Å². The molecule has 1 unspecified atom stereocenters. The third-order valence-corrected chi connectivity index (χ3v) is 3.28. The third kappa shape index (κ3) is 2.42. The van der Waals surface area contributed by atoms with Crippen LogP contribution in [0.1, 0.15) is 35.5 Å². The van der Waals surface area contributed by atoms with E-state index in [0.717, 1.165) is 12.3 Å². The molecule has 17 heavy (non-hydrogen) atoms. The molecule has 92 valence electrons. The van der Waals surface area contributed by atoms with E-state index in [1.54, 1.807) is 6.26 Å². The van der Waals surface area contributed by atoms with Gasteiger partial charge >= 0.3 is 0 Å². The molecule has 0 aliphatic carbocycles. The van der Waals surface area contributed by atoms with Crippen LogP contribution in [-0.2, 0) is 13.6 Å². The van der Waals surface area contributed by atoms with Crippen molar-refractivity contribution < 1.29 is 4.42 Å². The van der Waals surface area contributed by atoms with Gasteiger partial charge in [-0.25, -0.2) is 0 Å². The molecule has 0 aromatic carbocycles. The number of hydrogen-bond donors (Lipinski definition) is 1. The van der Waals surface area contributed by atoms with Crippen LogP contribution in [0.15, 0.2) is 22.9 Å². The van der Waals surface area contributed by atoms with Crippen molar-refractivity contribution in [3.63, 3.8) is 0 Å². The number of hydrogen-bond acceptors (Lipinski definition) is 3. The largest absolute Gasteiger partial charge is 0.468 e. The Kier molecular flexibility index (Phi) is 3.33. The maximum Gasteiger partial charge on any atom is 0.120 e. The Morgan fingerprint density at radius 2 is 2.24 bits per heavy atom. The van der Waals surface area contributed by atoms with E-state index in [4.69, 9.17) is 4.42 Å². The highest BCUT2D eigenvalue weighted by molar-refractivity contribution is 5.20. The maximum atomic E-state index is 5.40. The Bertz CT molecular complexity index is 498. The lowest BCUT2D eigenvalue weighted by atomic mass is 10.1. The average molecular weight is 233 g/mol. The molecular weight excluding hydrogens is 214 g/mol. The maximum absolute atomic E-state index is 5.40. The normalized spacial score (nSPS) is 12.9. The average Bonchev–Trinajstić information content (AvgIpc) is 2.84. The molecule has 4 nitrogen and oxygen atoms in total. The number of nitrogens with one attached hydrogen (secondary N) is 1. The zero-order valence-corrected chi connectivity index (χ0v) is 10.8.